The first-order valence-electron chi connectivity index (χ1n) is 6.80. The molecule has 0 aromatic heterocycles. The molecule has 0 N–H and O–H groups in total. The van der Waals surface area contributed by atoms with Crippen molar-refractivity contribution in [1.29, 1.82) is 0 Å². The van der Waals surface area contributed by atoms with E-state index in [-0.39, 0.29) is 24.8 Å². The molecule has 0 saturated carbocycles. The summed E-state index contributed by atoms with van der Waals surface area (Å²) in [7, 11) is 0. The van der Waals surface area contributed by atoms with Crippen molar-refractivity contribution >= 4 is 6.08 Å². The number of hydrogen-bond acceptors (Lipinski definition) is 0. The average molecular weight is 384 g/mol. The Morgan fingerprint density at radius 2 is 2.00 bits per heavy atom. The Kier molecular flexibility index (Phi) is 7.51. The molecule has 0 bridgehead atoms. The summed E-state index contributed by atoms with van der Waals surface area (Å²) in [6, 6.07) is 9.01. The normalized spacial score (nSPS) is 18.4. The van der Waals surface area contributed by atoms with Crippen LogP contribution >= 0.6 is 0 Å². The molecule has 20 heavy (non-hydrogen) atoms. The minimum Gasteiger partial charge on any atom is -1.00 e. The molecule has 0 nitrogen and oxygen atoms in total. The number of hydrogen-bond donors (Lipinski definition) is 0. The van der Waals surface area contributed by atoms with Gasteiger partial charge in [0, 0.05) is 0 Å². The minimum absolute atomic E-state index is 0. The molecule has 1 aromatic rings. The summed E-state index contributed by atoms with van der Waals surface area (Å²) in [5.74, 6) is 0. The monoisotopic (exact) mass is 382 g/mol. The fourth-order valence-corrected chi connectivity index (χ4v) is 6.81. The van der Waals surface area contributed by atoms with Crippen LogP contribution in [0.2, 0.25) is 0 Å². The van der Waals surface area contributed by atoms with Crippen molar-refractivity contribution < 1.29 is 48.0 Å². The van der Waals surface area contributed by atoms with Crippen LogP contribution in [0.1, 0.15) is 40.9 Å². The molecule has 1 aromatic carbocycles. The maximum atomic E-state index is 2.47. The average Bonchev–Trinajstić information content (AvgIpc) is 3.00. The summed E-state index contributed by atoms with van der Waals surface area (Å²) < 4.78 is 2.55. The molecule has 0 saturated heterocycles. The second-order valence-corrected chi connectivity index (χ2v) is 8.71. The Labute approximate surface area is 145 Å². The maximum Gasteiger partial charge on any atom is -1.00 e. The van der Waals surface area contributed by atoms with Crippen LogP contribution in [-0.2, 0) is 23.2 Å². The minimum atomic E-state index is -0.492. The summed E-state index contributed by atoms with van der Waals surface area (Å²) in [6.45, 7) is 2.29. The van der Waals surface area contributed by atoms with E-state index in [1.807, 2.05) is 0 Å². The first kappa shape index (κ1) is 18.0. The number of rotatable bonds is 4. The van der Waals surface area contributed by atoms with Crippen LogP contribution < -0.4 is 24.8 Å². The zero-order valence-electron chi connectivity index (χ0n) is 11.6. The van der Waals surface area contributed by atoms with Crippen LogP contribution in [0.3, 0.4) is 0 Å². The summed E-state index contributed by atoms with van der Waals surface area (Å²) in [5, 5.41) is 0. The van der Waals surface area contributed by atoms with E-state index in [4.69, 9.17) is 0 Å². The SMILES string of the molecule is CCCC1=Cc2ccccc2[CH]1[Zr+2][C]1=CC=CC1.[Cl-].[Cl-]. The van der Waals surface area contributed by atoms with Crippen molar-refractivity contribution in [2.24, 2.45) is 0 Å². The molecule has 104 valence electrons. The van der Waals surface area contributed by atoms with E-state index in [1.54, 1.807) is 14.4 Å². The maximum absolute atomic E-state index is 2.47. The van der Waals surface area contributed by atoms with Gasteiger partial charge in [0.15, 0.2) is 0 Å². The van der Waals surface area contributed by atoms with Gasteiger partial charge in [0.25, 0.3) is 0 Å². The molecule has 1 atom stereocenters. The van der Waals surface area contributed by atoms with Gasteiger partial charge in [-0.25, -0.2) is 0 Å². The third-order valence-corrected chi connectivity index (χ3v) is 7.87. The standard InChI is InChI=1S/C12H13.C5H5.2ClH.Zr/c1-2-5-10-8-11-6-3-4-7-12(11)9-10;1-2-4-5-3-1;;;/h3-4,6-9H,2,5H2,1H3;1-3H,4H2;2*1H;/q;;;;+2/p-2. The van der Waals surface area contributed by atoms with Gasteiger partial charge in [-0.2, -0.15) is 0 Å². The largest absolute Gasteiger partial charge is 1.00 e. The first-order chi connectivity index (χ1) is 8.88. The van der Waals surface area contributed by atoms with E-state index >= 15 is 0 Å². The molecule has 0 fully saturated rings. The second kappa shape index (κ2) is 8.37. The van der Waals surface area contributed by atoms with Gasteiger partial charge in [-0.1, -0.05) is 0 Å². The van der Waals surface area contributed by atoms with Gasteiger partial charge < -0.3 is 24.8 Å². The summed E-state index contributed by atoms with van der Waals surface area (Å²) in [6.07, 6.45) is 13.2. The molecule has 2 aliphatic carbocycles. The molecular weight excluding hydrogens is 366 g/mol. The number of benzene rings is 1. The van der Waals surface area contributed by atoms with Crippen LogP contribution in [-0.4, -0.2) is 0 Å². The predicted octanol–water partition coefficient (Wildman–Crippen LogP) is -1.14. The fraction of sp³-hybridized carbons (Fsp3) is 0.294. The summed E-state index contributed by atoms with van der Waals surface area (Å²) >= 11 is -0.492. The van der Waals surface area contributed by atoms with Crippen molar-refractivity contribution in [3.8, 4) is 0 Å². The van der Waals surface area contributed by atoms with Gasteiger partial charge in [0.1, 0.15) is 0 Å². The number of fused-ring (bicyclic) bond motifs is 1. The third-order valence-electron chi connectivity index (χ3n) is 3.66. The van der Waals surface area contributed by atoms with Gasteiger partial charge in [0.05, 0.1) is 0 Å². The Balaban J connectivity index is 0.000001000. The quantitative estimate of drug-likeness (QED) is 0.616. The second-order valence-electron chi connectivity index (χ2n) is 5.00. The van der Waals surface area contributed by atoms with Crippen LogP contribution in [0.5, 0.6) is 0 Å². The van der Waals surface area contributed by atoms with E-state index in [1.165, 1.54) is 24.8 Å². The van der Waals surface area contributed by atoms with Crippen molar-refractivity contribution in [3.05, 3.63) is 62.5 Å². The Morgan fingerprint density at radius 3 is 2.70 bits per heavy atom. The molecular formula is C17H18Cl2Zr. The predicted molar refractivity (Wildman–Crippen MR) is 73.9 cm³/mol. The van der Waals surface area contributed by atoms with E-state index < -0.39 is 23.2 Å². The zero-order valence-corrected chi connectivity index (χ0v) is 15.5. The van der Waals surface area contributed by atoms with Crippen molar-refractivity contribution in [2.45, 2.75) is 29.8 Å². The van der Waals surface area contributed by atoms with Crippen molar-refractivity contribution in [3.63, 3.8) is 0 Å². The van der Waals surface area contributed by atoms with Gasteiger partial charge in [0.2, 0.25) is 0 Å². The molecule has 0 spiro atoms. The number of allylic oxidation sites excluding steroid dienone is 5. The molecule has 0 radical (unpaired) electrons. The van der Waals surface area contributed by atoms with Crippen LogP contribution in [0.25, 0.3) is 6.08 Å². The zero-order chi connectivity index (χ0) is 12.4. The Morgan fingerprint density at radius 1 is 1.20 bits per heavy atom. The molecule has 1 unspecified atom stereocenters. The van der Waals surface area contributed by atoms with Crippen LogP contribution in [0.4, 0.5) is 0 Å². The van der Waals surface area contributed by atoms with Crippen LogP contribution in [0, 0.1) is 0 Å². The molecule has 2 aliphatic rings. The fourth-order valence-electron chi connectivity index (χ4n) is 2.80. The van der Waals surface area contributed by atoms with Crippen molar-refractivity contribution in [2.75, 3.05) is 0 Å². The van der Waals surface area contributed by atoms with Gasteiger partial charge >= 0.3 is 122 Å². The molecule has 0 heterocycles. The molecule has 0 aliphatic heterocycles. The van der Waals surface area contributed by atoms with Gasteiger partial charge in [-0.05, 0) is 0 Å². The van der Waals surface area contributed by atoms with Crippen molar-refractivity contribution in [1.82, 2.24) is 0 Å². The summed E-state index contributed by atoms with van der Waals surface area (Å²) in [5.41, 5.74) is 4.80. The molecule has 3 heteroatoms. The van der Waals surface area contributed by atoms with E-state index in [0.29, 0.717) is 0 Å². The van der Waals surface area contributed by atoms with Gasteiger partial charge in [-0.3, -0.25) is 0 Å². The summed E-state index contributed by atoms with van der Waals surface area (Å²) in [4.78, 5) is 0. The topological polar surface area (TPSA) is 0 Å². The smallest absolute Gasteiger partial charge is 1.00 e. The third kappa shape index (κ3) is 3.76. The molecule has 3 rings (SSSR count). The Bertz CT molecular complexity index is 544. The van der Waals surface area contributed by atoms with Crippen LogP contribution in [0.15, 0.2) is 51.3 Å². The number of halogens is 2. The van der Waals surface area contributed by atoms with E-state index in [2.05, 4.69) is 55.5 Å². The van der Waals surface area contributed by atoms with E-state index in [0.717, 1.165) is 3.63 Å². The van der Waals surface area contributed by atoms with Gasteiger partial charge in [-0.15, -0.1) is 0 Å². The molecule has 0 amide bonds. The first-order valence-corrected chi connectivity index (χ1v) is 9.45. The Hall–Kier alpha value is -0.0969. The van der Waals surface area contributed by atoms with E-state index in [9.17, 15) is 0 Å².